The van der Waals surface area contributed by atoms with Crippen molar-refractivity contribution in [2.75, 3.05) is 15.1 Å². The van der Waals surface area contributed by atoms with Gasteiger partial charge in [0.15, 0.2) is 0 Å². The van der Waals surface area contributed by atoms with E-state index in [0.717, 1.165) is 177 Å². The third-order valence-corrected chi connectivity index (χ3v) is 25.6. The maximum atomic E-state index is 6.83. The molecule has 0 saturated heterocycles. The molecule has 1 N–H and O–H groups in total. The fourth-order valence-electron chi connectivity index (χ4n) is 19.3. The lowest BCUT2D eigenvalue weighted by molar-refractivity contribution is 0.668. The van der Waals surface area contributed by atoms with E-state index in [9.17, 15) is 0 Å². The first-order chi connectivity index (χ1) is 63.2. The third kappa shape index (κ3) is 12.6. The summed E-state index contributed by atoms with van der Waals surface area (Å²) in [6, 6.07) is 151. The number of benzene rings is 20. The maximum absolute atomic E-state index is 6.83. The molecular weight excluding hydrogens is 1610 g/mol. The molecule has 0 spiro atoms. The molecule has 0 saturated carbocycles. The van der Waals surface area contributed by atoms with Crippen LogP contribution in [-0.4, -0.2) is 13.7 Å². The van der Waals surface area contributed by atoms with Crippen LogP contribution < -0.4 is 15.1 Å². The van der Waals surface area contributed by atoms with Gasteiger partial charge in [0, 0.05) is 172 Å². The van der Waals surface area contributed by atoms with Crippen LogP contribution in [0.2, 0.25) is 10.0 Å². The SMILES string of the molecule is Clc1ccc2c(c1)oc1cc3cc4c(cc3cc12)oc1cc(Cl)ccc14.c1ccc(N(c2ccc3c(c2)oc2cc4cc5c(cc4cc23)oc2cc(N(c3ccccc3)c3ccc4c6ccccc6n(-c6ccccc6)c4c3)ccc25)c2ccc3c4ccccc4n(-c4ccccc4)c3c2)cc1.c1ccc(Nc2ccc3c4ccccc4n(-c4ccccc4)c3c2)cc1. The smallest absolute Gasteiger partial charge is 0.137 e. The van der Waals surface area contributed by atoms with Crippen LogP contribution in [-0.2, 0) is 0 Å². The molecular formula is C116H72Cl2N6O4. The van der Waals surface area contributed by atoms with Gasteiger partial charge in [-0.1, -0.05) is 205 Å². The molecule has 0 amide bonds. The molecule has 0 unspecified atom stereocenters. The number of anilines is 8. The van der Waals surface area contributed by atoms with Crippen molar-refractivity contribution in [1.82, 2.24) is 13.7 Å². The summed E-state index contributed by atoms with van der Waals surface area (Å²) in [5.41, 5.74) is 25.6. The van der Waals surface area contributed by atoms with Gasteiger partial charge in [-0.05, 0) is 246 Å². The highest BCUT2D eigenvalue weighted by Crippen LogP contribution is 2.48. The number of rotatable bonds is 11. The summed E-state index contributed by atoms with van der Waals surface area (Å²) in [5, 5.41) is 25.2. The summed E-state index contributed by atoms with van der Waals surface area (Å²) >= 11 is 12.2. The van der Waals surface area contributed by atoms with Crippen LogP contribution in [0.25, 0.3) is 192 Å². The quantitative estimate of drug-likeness (QED) is 0.138. The van der Waals surface area contributed by atoms with E-state index in [4.69, 9.17) is 40.9 Å². The van der Waals surface area contributed by atoms with Crippen LogP contribution in [0.1, 0.15) is 0 Å². The number of hydrogen-bond acceptors (Lipinski definition) is 7. The Morgan fingerprint density at radius 2 is 0.445 bits per heavy atom. The second-order valence-corrected chi connectivity index (χ2v) is 33.5. The largest absolute Gasteiger partial charge is 0.456 e. The highest BCUT2D eigenvalue weighted by atomic mass is 35.5. The Hall–Kier alpha value is -16.5. The number of para-hydroxylation sites is 9. The Labute approximate surface area is 742 Å². The van der Waals surface area contributed by atoms with Crippen LogP contribution in [0.4, 0.5) is 45.5 Å². The first kappa shape index (κ1) is 74.2. The fourth-order valence-corrected chi connectivity index (χ4v) is 19.7. The first-order valence-electron chi connectivity index (χ1n) is 42.8. The average Bonchev–Trinajstić information content (AvgIpc) is 1.58. The topological polar surface area (TPSA) is 85.9 Å². The van der Waals surface area contributed by atoms with Gasteiger partial charge in [0.1, 0.15) is 44.7 Å². The highest BCUT2D eigenvalue weighted by Gasteiger charge is 2.25. The summed E-state index contributed by atoms with van der Waals surface area (Å²) in [7, 11) is 0. The normalized spacial score (nSPS) is 11.8. The Morgan fingerprint density at radius 1 is 0.180 bits per heavy atom. The van der Waals surface area contributed by atoms with E-state index in [1.807, 2.05) is 54.6 Å². The molecule has 0 fully saturated rings. The lowest BCUT2D eigenvalue weighted by atomic mass is 10.0. The van der Waals surface area contributed by atoms with E-state index in [0.29, 0.717) is 10.0 Å². The van der Waals surface area contributed by atoms with Crippen molar-refractivity contribution in [3.05, 3.63) is 441 Å². The van der Waals surface area contributed by atoms with Crippen LogP contribution in [0, 0.1) is 0 Å². The minimum absolute atomic E-state index is 0.670. The minimum atomic E-state index is 0.670. The number of halogens is 2. The summed E-state index contributed by atoms with van der Waals surface area (Å²) in [4.78, 5) is 4.65. The van der Waals surface area contributed by atoms with Crippen molar-refractivity contribution in [2.45, 2.75) is 0 Å². The molecule has 27 aromatic rings. The van der Waals surface area contributed by atoms with Gasteiger partial charge in [0.05, 0.1) is 33.1 Å². The molecule has 20 aromatic carbocycles. The zero-order valence-corrected chi connectivity index (χ0v) is 70.1. The van der Waals surface area contributed by atoms with Crippen molar-refractivity contribution in [1.29, 1.82) is 0 Å². The maximum Gasteiger partial charge on any atom is 0.137 e. The highest BCUT2D eigenvalue weighted by molar-refractivity contribution is 6.32. The Morgan fingerprint density at radius 3 is 0.805 bits per heavy atom. The predicted octanol–water partition coefficient (Wildman–Crippen LogP) is 34.2. The predicted molar refractivity (Wildman–Crippen MR) is 536 cm³/mol. The zero-order valence-electron chi connectivity index (χ0n) is 68.6. The van der Waals surface area contributed by atoms with Gasteiger partial charge in [-0.15, -0.1) is 0 Å². The van der Waals surface area contributed by atoms with Crippen molar-refractivity contribution in [2.24, 2.45) is 0 Å². The van der Waals surface area contributed by atoms with Crippen LogP contribution in [0.3, 0.4) is 0 Å². The molecule has 0 atom stereocenters. The summed E-state index contributed by atoms with van der Waals surface area (Å²) in [6.45, 7) is 0. The Kier molecular flexibility index (Phi) is 17.5. The monoisotopic (exact) mass is 1680 g/mol. The molecule has 7 aromatic heterocycles. The summed E-state index contributed by atoms with van der Waals surface area (Å²) < 4.78 is 32.8. The number of furan rings is 4. The molecule has 0 radical (unpaired) electrons. The lowest BCUT2D eigenvalue weighted by Crippen LogP contribution is -2.09. The van der Waals surface area contributed by atoms with Crippen LogP contribution in [0.5, 0.6) is 0 Å². The van der Waals surface area contributed by atoms with Gasteiger partial charge in [-0.3, -0.25) is 0 Å². The fraction of sp³-hybridized carbons (Fsp3) is 0. The molecule has 604 valence electrons. The third-order valence-electron chi connectivity index (χ3n) is 25.1. The standard InChI is InChI=1S/C70H44N4O2.C24H18N2.C22H10Cl2O2/c1-5-17-47(18-6-1)71(51-29-33-57-55-25-13-15-27-63(55)73(65(57)41-51)49-21-9-3-10-22-49)53-31-35-59-61-37-45-40-68-62(38-46(45)39-67(61)75-69(59)43-53)60-36-32-54(44-70(60)76-68)72(48-19-7-2-8-20-48)52-30-34-58-56-26-14-16-28-64(56)74(66(58)42-52)50-23-11-4-12-24-50;1-3-9-18(10-4-1)25-19-15-16-22-21-13-7-8-14-23(21)26(24(22)17-19)20-11-5-2-6-12-20;23-13-1-3-15-17-5-11-8-20-18(16-4-2-14(24)10-22(16)26-20)6-12(11)7-19(17)25-21(15)9-13/h1-44H;1-17,25H;1-10H. The van der Waals surface area contributed by atoms with Crippen molar-refractivity contribution in [3.8, 4) is 17.1 Å². The molecule has 7 heterocycles. The molecule has 128 heavy (non-hydrogen) atoms. The Balaban J connectivity index is 0.000000137. The van der Waals surface area contributed by atoms with Crippen molar-refractivity contribution < 1.29 is 17.7 Å². The van der Waals surface area contributed by atoms with E-state index in [-0.39, 0.29) is 0 Å². The summed E-state index contributed by atoms with van der Waals surface area (Å²) in [6.07, 6.45) is 0. The molecule has 10 nitrogen and oxygen atoms in total. The van der Waals surface area contributed by atoms with E-state index >= 15 is 0 Å². The van der Waals surface area contributed by atoms with Gasteiger partial charge in [0.2, 0.25) is 0 Å². The van der Waals surface area contributed by atoms with Gasteiger partial charge in [0.25, 0.3) is 0 Å². The molecule has 0 aliphatic carbocycles. The van der Waals surface area contributed by atoms with Crippen molar-refractivity contribution in [3.63, 3.8) is 0 Å². The average molecular weight is 1680 g/mol. The Bertz CT molecular complexity index is 8660. The van der Waals surface area contributed by atoms with Crippen LogP contribution in [0.15, 0.2) is 448 Å². The second kappa shape index (κ2) is 30.2. The molecule has 12 heteroatoms. The number of nitrogens with zero attached hydrogens (tertiary/aromatic N) is 5. The van der Waals surface area contributed by atoms with E-state index in [1.54, 1.807) is 0 Å². The molecule has 0 bridgehead atoms. The van der Waals surface area contributed by atoms with Gasteiger partial charge in [-0.25, -0.2) is 0 Å². The number of nitrogens with one attached hydrogen (secondary N) is 1. The van der Waals surface area contributed by atoms with E-state index in [1.165, 1.54) is 60.1 Å². The molecule has 0 aliphatic rings. The lowest BCUT2D eigenvalue weighted by Gasteiger charge is -2.25. The van der Waals surface area contributed by atoms with E-state index < -0.39 is 0 Å². The second-order valence-electron chi connectivity index (χ2n) is 32.7. The van der Waals surface area contributed by atoms with Gasteiger partial charge >= 0.3 is 0 Å². The van der Waals surface area contributed by atoms with Crippen molar-refractivity contribution >= 4 is 243 Å². The minimum Gasteiger partial charge on any atom is -0.456 e. The zero-order chi connectivity index (χ0) is 84.6. The summed E-state index contributed by atoms with van der Waals surface area (Å²) in [5.74, 6) is 0. The van der Waals surface area contributed by atoms with Gasteiger partial charge in [-0.2, -0.15) is 0 Å². The number of fused-ring (bicyclic) bond motifs is 23. The first-order valence-corrected chi connectivity index (χ1v) is 43.6. The van der Waals surface area contributed by atoms with Crippen LogP contribution >= 0.6 is 23.2 Å². The number of hydrogen-bond donors (Lipinski definition) is 1. The van der Waals surface area contributed by atoms with E-state index in [2.05, 4.69) is 405 Å². The number of aromatic nitrogens is 3. The molecule has 0 aliphatic heterocycles. The van der Waals surface area contributed by atoms with Gasteiger partial charge < -0.3 is 46.5 Å². The molecule has 27 rings (SSSR count).